The molecule has 0 saturated carbocycles. The fraction of sp³-hybridized carbons (Fsp3) is 0.833. The normalized spacial score (nSPS) is 26.3. The monoisotopic (exact) mass is 238 g/mol. The highest BCUT2D eigenvalue weighted by molar-refractivity contribution is 5.88. The van der Waals surface area contributed by atoms with Crippen LogP contribution in [-0.4, -0.2) is 47.3 Å². The van der Waals surface area contributed by atoms with Gasteiger partial charge in [0.05, 0.1) is 6.04 Å². The Morgan fingerprint density at radius 3 is 2.47 bits per heavy atom. The summed E-state index contributed by atoms with van der Waals surface area (Å²) in [6.07, 6.45) is 3.97. The Bertz CT molecular complexity index is 310. The highest BCUT2D eigenvalue weighted by Gasteiger charge is 2.34. The van der Waals surface area contributed by atoms with Crippen LogP contribution >= 0.6 is 0 Å². The van der Waals surface area contributed by atoms with Gasteiger partial charge in [-0.15, -0.1) is 0 Å². The molecule has 2 rings (SSSR count). The van der Waals surface area contributed by atoms with Crippen molar-refractivity contribution in [1.29, 1.82) is 5.41 Å². The molecule has 0 aliphatic carbocycles. The van der Waals surface area contributed by atoms with Crippen molar-refractivity contribution < 1.29 is 4.79 Å². The average Bonchev–Trinajstić information content (AvgIpc) is 2.78. The number of nitrogens with two attached hydrogens (primary N) is 1. The van der Waals surface area contributed by atoms with E-state index in [0.717, 1.165) is 51.2 Å². The van der Waals surface area contributed by atoms with Gasteiger partial charge in [-0.05, 0) is 31.6 Å². The molecule has 17 heavy (non-hydrogen) atoms. The van der Waals surface area contributed by atoms with E-state index in [0.29, 0.717) is 0 Å². The maximum atomic E-state index is 12.3. The molecule has 0 bridgehead atoms. The maximum absolute atomic E-state index is 12.3. The first-order valence-corrected chi connectivity index (χ1v) is 6.49. The number of nitrogens with zero attached hydrogens (tertiary/aromatic N) is 2. The first-order chi connectivity index (χ1) is 8.09. The molecule has 0 aromatic rings. The van der Waals surface area contributed by atoms with Crippen LogP contribution in [0.3, 0.4) is 0 Å². The number of amidine groups is 1. The predicted octanol–water partition coefficient (Wildman–Crippen LogP) is 1.24. The summed E-state index contributed by atoms with van der Waals surface area (Å²) in [7, 11) is 0. The third kappa shape index (κ3) is 2.53. The molecule has 96 valence electrons. The molecule has 2 fully saturated rings. The summed E-state index contributed by atoms with van der Waals surface area (Å²) < 4.78 is 0. The van der Waals surface area contributed by atoms with Crippen LogP contribution in [0.4, 0.5) is 4.79 Å². The Morgan fingerprint density at radius 2 is 1.88 bits per heavy atom. The SMILES string of the molecule is CC1CCN(C(=O)N2CCCC2C(=N)N)CC1. The molecule has 0 spiro atoms. The lowest BCUT2D eigenvalue weighted by atomic mass is 9.99. The lowest BCUT2D eigenvalue weighted by Gasteiger charge is -2.35. The number of amides is 2. The predicted molar refractivity (Wildman–Crippen MR) is 67.0 cm³/mol. The number of hydrogen-bond donors (Lipinski definition) is 2. The van der Waals surface area contributed by atoms with Gasteiger partial charge in [0.25, 0.3) is 0 Å². The van der Waals surface area contributed by atoms with E-state index in [9.17, 15) is 4.79 Å². The Labute approximate surface area is 102 Å². The van der Waals surface area contributed by atoms with Gasteiger partial charge >= 0.3 is 6.03 Å². The van der Waals surface area contributed by atoms with Crippen LogP contribution in [0.25, 0.3) is 0 Å². The van der Waals surface area contributed by atoms with Crippen LogP contribution in [0.5, 0.6) is 0 Å². The second-order valence-corrected chi connectivity index (χ2v) is 5.26. The molecule has 2 aliphatic heterocycles. The minimum atomic E-state index is -0.165. The van der Waals surface area contributed by atoms with E-state index in [4.69, 9.17) is 11.1 Å². The van der Waals surface area contributed by atoms with Crippen LogP contribution in [0.2, 0.25) is 0 Å². The number of carbonyl (C=O) groups is 1. The number of carbonyl (C=O) groups excluding carboxylic acids is 1. The molecule has 2 heterocycles. The molecule has 3 N–H and O–H groups in total. The van der Waals surface area contributed by atoms with Crippen LogP contribution in [0.15, 0.2) is 0 Å². The number of nitrogens with one attached hydrogen (secondary N) is 1. The number of piperidine rings is 1. The van der Waals surface area contributed by atoms with E-state index in [1.165, 1.54) is 0 Å². The Hall–Kier alpha value is -1.26. The van der Waals surface area contributed by atoms with Crippen LogP contribution in [-0.2, 0) is 0 Å². The summed E-state index contributed by atoms with van der Waals surface area (Å²) >= 11 is 0. The van der Waals surface area contributed by atoms with Crippen molar-refractivity contribution in [2.75, 3.05) is 19.6 Å². The zero-order valence-corrected chi connectivity index (χ0v) is 10.5. The molecule has 0 aromatic heterocycles. The van der Waals surface area contributed by atoms with Gasteiger partial charge in [0.1, 0.15) is 5.84 Å². The van der Waals surface area contributed by atoms with Gasteiger partial charge in [-0.3, -0.25) is 5.41 Å². The van der Waals surface area contributed by atoms with Gasteiger partial charge in [0.2, 0.25) is 0 Å². The summed E-state index contributed by atoms with van der Waals surface area (Å²) in [6.45, 7) is 4.67. The molecule has 0 radical (unpaired) electrons. The molecule has 5 heteroatoms. The first kappa shape index (κ1) is 12.2. The van der Waals surface area contributed by atoms with Crippen molar-refractivity contribution in [3.05, 3.63) is 0 Å². The van der Waals surface area contributed by atoms with Crippen LogP contribution in [0, 0.1) is 11.3 Å². The summed E-state index contributed by atoms with van der Waals surface area (Å²) in [5.41, 5.74) is 5.55. The maximum Gasteiger partial charge on any atom is 0.320 e. The molecule has 5 nitrogen and oxygen atoms in total. The largest absolute Gasteiger partial charge is 0.386 e. The number of hydrogen-bond acceptors (Lipinski definition) is 2. The number of likely N-dealkylation sites (tertiary alicyclic amines) is 2. The van der Waals surface area contributed by atoms with E-state index in [2.05, 4.69) is 6.92 Å². The second-order valence-electron chi connectivity index (χ2n) is 5.26. The Kier molecular flexibility index (Phi) is 3.54. The number of rotatable bonds is 1. The summed E-state index contributed by atoms with van der Waals surface area (Å²) in [5, 5.41) is 7.53. The quantitative estimate of drug-likeness (QED) is 0.533. The van der Waals surface area contributed by atoms with Gasteiger partial charge in [0, 0.05) is 19.6 Å². The molecular weight excluding hydrogens is 216 g/mol. The highest BCUT2D eigenvalue weighted by atomic mass is 16.2. The van der Waals surface area contributed by atoms with Crippen LogP contribution < -0.4 is 5.73 Å². The van der Waals surface area contributed by atoms with Gasteiger partial charge in [-0.2, -0.15) is 0 Å². The Balaban J connectivity index is 1.97. The van der Waals surface area contributed by atoms with E-state index in [1.54, 1.807) is 4.90 Å². The lowest BCUT2D eigenvalue weighted by Crippen LogP contribution is -2.51. The fourth-order valence-electron chi connectivity index (χ4n) is 2.70. The van der Waals surface area contributed by atoms with Crippen molar-refractivity contribution in [3.8, 4) is 0 Å². The standard InChI is InChI=1S/C12H22N4O/c1-9-4-7-15(8-5-9)12(17)16-6-2-3-10(16)11(13)14/h9-10H,2-8H2,1H3,(H3,13,14). The van der Waals surface area contributed by atoms with Crippen molar-refractivity contribution in [3.63, 3.8) is 0 Å². The summed E-state index contributed by atoms with van der Waals surface area (Å²) in [6, 6.07) is -0.0866. The minimum Gasteiger partial charge on any atom is -0.386 e. The zero-order chi connectivity index (χ0) is 12.4. The van der Waals surface area contributed by atoms with Gasteiger partial charge in [0.15, 0.2) is 0 Å². The van der Waals surface area contributed by atoms with Crippen molar-refractivity contribution >= 4 is 11.9 Å². The van der Waals surface area contributed by atoms with Gasteiger partial charge in [-0.1, -0.05) is 6.92 Å². The molecule has 0 aromatic carbocycles. The van der Waals surface area contributed by atoms with E-state index < -0.39 is 0 Å². The third-order valence-corrected chi connectivity index (χ3v) is 3.91. The van der Waals surface area contributed by atoms with Crippen molar-refractivity contribution in [1.82, 2.24) is 9.80 Å². The fourth-order valence-corrected chi connectivity index (χ4v) is 2.70. The van der Waals surface area contributed by atoms with Crippen LogP contribution in [0.1, 0.15) is 32.6 Å². The van der Waals surface area contributed by atoms with Gasteiger partial charge in [-0.25, -0.2) is 4.79 Å². The molecule has 1 unspecified atom stereocenters. The topological polar surface area (TPSA) is 73.4 Å². The van der Waals surface area contributed by atoms with E-state index >= 15 is 0 Å². The molecular formula is C12H22N4O. The van der Waals surface area contributed by atoms with Crippen molar-refractivity contribution in [2.24, 2.45) is 11.7 Å². The van der Waals surface area contributed by atoms with Gasteiger partial charge < -0.3 is 15.5 Å². The molecule has 2 saturated heterocycles. The Morgan fingerprint density at radius 1 is 1.24 bits per heavy atom. The second kappa shape index (κ2) is 4.94. The average molecular weight is 238 g/mol. The van der Waals surface area contributed by atoms with Crippen molar-refractivity contribution in [2.45, 2.75) is 38.6 Å². The smallest absolute Gasteiger partial charge is 0.320 e. The first-order valence-electron chi connectivity index (χ1n) is 6.49. The number of urea groups is 1. The molecule has 2 amide bonds. The highest BCUT2D eigenvalue weighted by Crippen LogP contribution is 2.22. The molecule has 1 atom stereocenters. The third-order valence-electron chi connectivity index (χ3n) is 3.91. The molecule has 2 aliphatic rings. The van der Waals surface area contributed by atoms with E-state index in [1.807, 2.05) is 4.90 Å². The summed E-state index contributed by atoms with van der Waals surface area (Å²) in [4.78, 5) is 16.0. The zero-order valence-electron chi connectivity index (χ0n) is 10.5. The lowest BCUT2D eigenvalue weighted by molar-refractivity contribution is 0.138. The van der Waals surface area contributed by atoms with E-state index in [-0.39, 0.29) is 17.9 Å². The summed E-state index contributed by atoms with van der Waals surface area (Å²) in [5.74, 6) is 0.849. The minimum absolute atomic E-state index is 0.0783.